The molecule has 3 N–H and O–H groups in total. The smallest absolute Gasteiger partial charge is 0.475 e. The maximum Gasteiger partial charge on any atom is 0.490 e. The Balaban J connectivity index is 0.000000362. The van der Waals surface area contributed by atoms with E-state index in [1.165, 1.54) is 0 Å². The first-order valence-corrected chi connectivity index (χ1v) is 9.05. The van der Waals surface area contributed by atoms with Gasteiger partial charge < -0.3 is 24.7 Å². The molecule has 0 aliphatic rings. The monoisotopic (exact) mass is 509 g/mol. The van der Waals surface area contributed by atoms with Gasteiger partial charge in [0.15, 0.2) is 0 Å². The number of hydrogen-bond donors (Lipinski definition) is 3. The molecule has 2 aromatic heterocycles. The van der Waals surface area contributed by atoms with Crippen molar-refractivity contribution in [2.24, 2.45) is 7.05 Å². The normalized spacial score (nSPS) is 10.8. The van der Waals surface area contributed by atoms with E-state index in [9.17, 15) is 31.1 Å². The van der Waals surface area contributed by atoms with E-state index in [0.29, 0.717) is 12.2 Å². The number of alkyl halides is 6. The summed E-state index contributed by atoms with van der Waals surface area (Å²) in [6.07, 6.45) is -1.67. The fraction of sp³-hybridized carbons (Fsp3) is 0.211. The minimum atomic E-state index is -5.08. The highest BCUT2D eigenvalue weighted by molar-refractivity contribution is 5.92. The highest BCUT2D eigenvalue weighted by Crippen LogP contribution is 2.15. The minimum Gasteiger partial charge on any atom is -0.475 e. The third-order valence-electron chi connectivity index (χ3n) is 3.75. The fourth-order valence-electron chi connectivity index (χ4n) is 2.16. The van der Waals surface area contributed by atoms with Crippen molar-refractivity contribution in [2.75, 3.05) is 0 Å². The van der Waals surface area contributed by atoms with E-state index < -0.39 is 24.3 Å². The van der Waals surface area contributed by atoms with Gasteiger partial charge in [-0.3, -0.25) is 4.79 Å². The largest absolute Gasteiger partial charge is 0.490 e. The quantitative estimate of drug-likeness (QED) is 0.460. The molecule has 0 saturated carbocycles. The second-order valence-corrected chi connectivity index (χ2v) is 6.28. The number of carbonyl (C=O) groups is 3. The van der Waals surface area contributed by atoms with Gasteiger partial charge >= 0.3 is 24.3 Å². The number of carboxylic acids is 2. The zero-order chi connectivity index (χ0) is 26.8. The van der Waals surface area contributed by atoms with E-state index in [0.717, 1.165) is 11.3 Å². The second kappa shape index (κ2) is 12.2. The Hall–Kier alpha value is -4.37. The Kier molecular flexibility index (Phi) is 9.99. The van der Waals surface area contributed by atoms with Crippen LogP contribution in [0.4, 0.5) is 26.3 Å². The predicted octanol–water partition coefficient (Wildman–Crippen LogP) is 2.80. The Morgan fingerprint density at radius 2 is 1.49 bits per heavy atom. The summed E-state index contributed by atoms with van der Waals surface area (Å²) < 4.78 is 67.1. The van der Waals surface area contributed by atoms with Crippen molar-refractivity contribution in [2.45, 2.75) is 18.9 Å². The Morgan fingerprint density at radius 1 is 0.943 bits per heavy atom. The van der Waals surface area contributed by atoms with Gasteiger partial charge in [-0.25, -0.2) is 19.6 Å². The number of aromatic nitrogens is 4. The number of carboxylic acid groups (broad SMARTS) is 2. The summed E-state index contributed by atoms with van der Waals surface area (Å²) in [7, 11) is 1.79. The number of hydrogen-bond acceptors (Lipinski definition) is 5. The minimum absolute atomic E-state index is 0.143. The Bertz CT molecular complexity index is 1100. The van der Waals surface area contributed by atoms with Crippen molar-refractivity contribution in [3.8, 4) is 5.69 Å². The second-order valence-electron chi connectivity index (χ2n) is 6.28. The van der Waals surface area contributed by atoms with Crippen LogP contribution >= 0.6 is 0 Å². The van der Waals surface area contributed by atoms with Crippen LogP contribution in [0.3, 0.4) is 0 Å². The molecule has 1 aromatic carbocycles. The molecule has 0 fully saturated rings. The number of aryl methyl sites for hydroxylation is 1. The molecule has 3 rings (SSSR count). The average Bonchev–Trinajstić information content (AvgIpc) is 3.43. The molecule has 10 nitrogen and oxygen atoms in total. The van der Waals surface area contributed by atoms with Gasteiger partial charge in [-0.1, -0.05) is 18.2 Å². The van der Waals surface area contributed by atoms with Crippen LogP contribution in [0.1, 0.15) is 16.1 Å². The third kappa shape index (κ3) is 9.56. The van der Waals surface area contributed by atoms with Gasteiger partial charge in [-0.05, 0) is 11.6 Å². The number of aliphatic carboxylic acids is 2. The lowest BCUT2D eigenvalue weighted by atomic mass is 10.1. The van der Waals surface area contributed by atoms with E-state index in [4.69, 9.17) is 19.8 Å². The van der Waals surface area contributed by atoms with Crippen LogP contribution in [-0.2, 0) is 23.2 Å². The lowest BCUT2D eigenvalue weighted by Crippen LogP contribution is -2.25. The van der Waals surface area contributed by atoms with Crippen molar-refractivity contribution in [3.05, 3.63) is 66.8 Å². The van der Waals surface area contributed by atoms with Crippen LogP contribution in [0.15, 0.2) is 55.5 Å². The van der Waals surface area contributed by atoms with Crippen LogP contribution in [-0.4, -0.2) is 59.5 Å². The molecule has 3 aromatic rings. The van der Waals surface area contributed by atoms with Crippen molar-refractivity contribution in [1.29, 1.82) is 0 Å². The summed E-state index contributed by atoms with van der Waals surface area (Å²) in [4.78, 5) is 37.9. The number of halogens is 6. The van der Waals surface area contributed by atoms with Gasteiger partial charge in [0, 0.05) is 26.0 Å². The first-order chi connectivity index (χ1) is 16.1. The van der Waals surface area contributed by atoms with Crippen LogP contribution in [0.5, 0.6) is 0 Å². The van der Waals surface area contributed by atoms with Gasteiger partial charge in [-0.15, -0.1) is 0 Å². The summed E-state index contributed by atoms with van der Waals surface area (Å²) >= 11 is 0. The fourth-order valence-corrected chi connectivity index (χ4v) is 2.16. The summed E-state index contributed by atoms with van der Waals surface area (Å²) in [5, 5.41) is 17.2. The molecule has 2 heterocycles. The summed E-state index contributed by atoms with van der Waals surface area (Å²) in [6, 6.07) is 7.89. The number of rotatable bonds is 4. The molecule has 0 bridgehead atoms. The van der Waals surface area contributed by atoms with E-state index >= 15 is 0 Å². The van der Waals surface area contributed by atoms with E-state index in [-0.39, 0.29) is 5.91 Å². The number of amides is 1. The highest BCUT2D eigenvalue weighted by Gasteiger charge is 2.38. The summed E-state index contributed by atoms with van der Waals surface area (Å²) in [5.41, 5.74) is 2.56. The number of carbonyl (C=O) groups excluding carboxylic acids is 1. The molecule has 1 amide bonds. The van der Waals surface area contributed by atoms with E-state index in [2.05, 4.69) is 15.3 Å². The molecule has 16 heteroatoms. The van der Waals surface area contributed by atoms with Crippen LogP contribution < -0.4 is 5.32 Å². The van der Waals surface area contributed by atoms with E-state index in [1.807, 2.05) is 35.0 Å². The number of nitrogens with zero attached hydrogens (tertiary/aromatic N) is 4. The Labute approximate surface area is 192 Å². The predicted molar refractivity (Wildman–Crippen MR) is 105 cm³/mol. The number of imidazole rings is 2. The number of benzene rings is 1. The zero-order valence-electron chi connectivity index (χ0n) is 17.6. The maximum atomic E-state index is 12.1. The van der Waals surface area contributed by atoms with Gasteiger partial charge in [0.25, 0.3) is 5.91 Å². The topological polar surface area (TPSA) is 139 Å². The van der Waals surface area contributed by atoms with Crippen molar-refractivity contribution >= 4 is 17.8 Å². The number of para-hydroxylation sites is 1. The molecule has 0 aliphatic heterocycles. The van der Waals surface area contributed by atoms with Gasteiger partial charge in [0.2, 0.25) is 0 Å². The van der Waals surface area contributed by atoms with Gasteiger partial charge in [0.1, 0.15) is 5.69 Å². The molecular formula is C19H17F6N5O5. The SMILES string of the molecule is Cn1cncc1C(=O)NCc1ccccc1-n1ccnc1.O=C(O)C(F)(F)F.O=C(O)C(F)(F)F. The van der Waals surface area contributed by atoms with Crippen molar-refractivity contribution < 1.29 is 50.9 Å². The van der Waals surface area contributed by atoms with Crippen LogP contribution in [0.25, 0.3) is 5.69 Å². The van der Waals surface area contributed by atoms with Crippen molar-refractivity contribution in [1.82, 2.24) is 24.4 Å². The van der Waals surface area contributed by atoms with Gasteiger partial charge in [0.05, 0.1) is 24.5 Å². The lowest BCUT2D eigenvalue weighted by molar-refractivity contribution is -0.193. The van der Waals surface area contributed by atoms with Crippen LogP contribution in [0, 0.1) is 0 Å². The Morgan fingerprint density at radius 3 is 1.91 bits per heavy atom. The van der Waals surface area contributed by atoms with E-state index in [1.54, 1.807) is 36.7 Å². The molecular weight excluding hydrogens is 492 g/mol. The molecule has 0 unspecified atom stereocenters. The molecule has 0 saturated heterocycles. The third-order valence-corrected chi connectivity index (χ3v) is 3.75. The first kappa shape index (κ1) is 28.7. The standard InChI is InChI=1S/C15H15N5O.2C2HF3O2/c1-19-10-17-9-14(19)15(21)18-8-12-4-2-3-5-13(12)20-7-6-16-11-20;2*3-2(4,5)1(6)7/h2-7,9-11H,8H2,1H3,(H,18,21);2*(H,6,7). The molecule has 0 radical (unpaired) electrons. The summed E-state index contributed by atoms with van der Waals surface area (Å²) in [5.74, 6) is -5.66. The highest BCUT2D eigenvalue weighted by atomic mass is 19.4. The molecule has 35 heavy (non-hydrogen) atoms. The average molecular weight is 509 g/mol. The van der Waals surface area contributed by atoms with Crippen LogP contribution in [0.2, 0.25) is 0 Å². The molecule has 0 atom stereocenters. The molecule has 0 spiro atoms. The van der Waals surface area contributed by atoms with Gasteiger partial charge in [-0.2, -0.15) is 26.3 Å². The number of nitrogens with one attached hydrogen (secondary N) is 1. The van der Waals surface area contributed by atoms with Crippen molar-refractivity contribution in [3.63, 3.8) is 0 Å². The lowest BCUT2D eigenvalue weighted by Gasteiger charge is -2.11. The zero-order valence-corrected chi connectivity index (χ0v) is 17.6. The molecule has 190 valence electrons. The summed E-state index contributed by atoms with van der Waals surface area (Å²) in [6.45, 7) is 0.443. The maximum absolute atomic E-state index is 12.1. The molecule has 0 aliphatic carbocycles. The first-order valence-electron chi connectivity index (χ1n) is 9.05.